The fourth-order valence-corrected chi connectivity index (χ4v) is 2.38. The lowest BCUT2D eigenvalue weighted by Crippen LogP contribution is -2.33. The van der Waals surface area contributed by atoms with Gasteiger partial charge in [0.15, 0.2) is 0 Å². The van der Waals surface area contributed by atoms with Gasteiger partial charge >= 0.3 is 0 Å². The number of benzene rings is 1. The Hall–Kier alpha value is -2.04. The number of carbonyl (C=O) groups is 2. The van der Waals surface area contributed by atoms with E-state index in [4.69, 9.17) is 4.74 Å². The fraction of sp³-hybridized carbons (Fsp3) is 0.429. The van der Waals surface area contributed by atoms with Crippen molar-refractivity contribution in [2.75, 3.05) is 13.7 Å². The zero-order valence-corrected chi connectivity index (χ0v) is 11.1. The average Bonchev–Trinajstić information content (AvgIpc) is 2.79. The molecule has 1 saturated heterocycles. The summed E-state index contributed by atoms with van der Waals surface area (Å²) < 4.78 is 5.12. The molecule has 1 aromatic rings. The largest absolute Gasteiger partial charge is 0.497 e. The van der Waals surface area contributed by atoms with Crippen LogP contribution in [0.5, 0.6) is 5.75 Å². The topological polar surface area (TPSA) is 58.6 Å². The van der Waals surface area contributed by atoms with E-state index in [9.17, 15) is 9.59 Å². The van der Waals surface area contributed by atoms with E-state index in [0.29, 0.717) is 19.4 Å². The molecule has 1 heterocycles. The predicted molar refractivity (Wildman–Crippen MR) is 70.7 cm³/mol. The number of amides is 2. The normalized spacial score (nSPS) is 20.2. The molecule has 2 amide bonds. The first-order valence-electron chi connectivity index (χ1n) is 6.29. The zero-order valence-electron chi connectivity index (χ0n) is 11.1. The molecule has 1 aromatic carbocycles. The van der Waals surface area contributed by atoms with Crippen molar-refractivity contribution in [3.8, 4) is 5.75 Å². The first-order valence-corrected chi connectivity index (χ1v) is 6.29. The lowest BCUT2D eigenvalue weighted by atomic mass is 10.1. The van der Waals surface area contributed by atoms with Crippen molar-refractivity contribution in [2.45, 2.75) is 25.4 Å². The van der Waals surface area contributed by atoms with Gasteiger partial charge in [0.05, 0.1) is 19.2 Å². The molecule has 0 saturated carbocycles. The van der Waals surface area contributed by atoms with Crippen molar-refractivity contribution in [1.29, 1.82) is 0 Å². The third-order valence-electron chi connectivity index (χ3n) is 3.53. The van der Waals surface area contributed by atoms with E-state index in [2.05, 4.69) is 5.32 Å². The standard InChI is InChI=1S/C14H18N2O3/c1-10(11-3-5-13(19-2)6-4-11)16-8-12(15-9-17)7-14(16)18/h3-6,9-10,12H,7-8H2,1-2H3,(H,15,17)/t10-,12?/m0/s1. The summed E-state index contributed by atoms with van der Waals surface area (Å²) >= 11 is 0. The molecule has 0 bridgehead atoms. The number of likely N-dealkylation sites (tertiary alicyclic amines) is 1. The molecule has 2 rings (SSSR count). The number of carbonyl (C=O) groups excluding carboxylic acids is 2. The maximum Gasteiger partial charge on any atom is 0.225 e. The number of nitrogens with zero attached hydrogens (tertiary/aromatic N) is 1. The van der Waals surface area contributed by atoms with Crippen molar-refractivity contribution >= 4 is 12.3 Å². The molecule has 0 spiro atoms. The molecule has 0 aromatic heterocycles. The van der Waals surface area contributed by atoms with Crippen LogP contribution in [0.3, 0.4) is 0 Å². The Morgan fingerprint density at radius 3 is 2.68 bits per heavy atom. The number of hydrogen-bond acceptors (Lipinski definition) is 3. The Kier molecular flexibility index (Phi) is 4.04. The third kappa shape index (κ3) is 2.86. The van der Waals surface area contributed by atoms with E-state index in [-0.39, 0.29) is 18.0 Å². The van der Waals surface area contributed by atoms with E-state index in [0.717, 1.165) is 11.3 Å². The average molecular weight is 262 g/mol. The van der Waals surface area contributed by atoms with E-state index in [1.807, 2.05) is 31.2 Å². The highest BCUT2D eigenvalue weighted by Gasteiger charge is 2.32. The molecular weight excluding hydrogens is 244 g/mol. The summed E-state index contributed by atoms with van der Waals surface area (Å²) in [5, 5.41) is 2.67. The highest BCUT2D eigenvalue weighted by molar-refractivity contribution is 5.80. The van der Waals surface area contributed by atoms with Crippen molar-refractivity contribution < 1.29 is 14.3 Å². The van der Waals surface area contributed by atoms with E-state index in [1.54, 1.807) is 12.0 Å². The van der Waals surface area contributed by atoms with Gasteiger partial charge in [-0.1, -0.05) is 12.1 Å². The van der Waals surface area contributed by atoms with Crippen LogP contribution in [0.2, 0.25) is 0 Å². The van der Waals surface area contributed by atoms with Gasteiger partial charge in [0.1, 0.15) is 5.75 Å². The molecular formula is C14H18N2O3. The molecule has 19 heavy (non-hydrogen) atoms. The summed E-state index contributed by atoms with van der Waals surface area (Å²) in [4.78, 5) is 24.2. The van der Waals surface area contributed by atoms with Gasteiger partial charge in [0.2, 0.25) is 12.3 Å². The number of ether oxygens (including phenoxy) is 1. The van der Waals surface area contributed by atoms with Crippen LogP contribution in [-0.2, 0) is 9.59 Å². The number of rotatable bonds is 5. The van der Waals surface area contributed by atoms with E-state index < -0.39 is 0 Å². The molecule has 0 radical (unpaired) electrons. The summed E-state index contributed by atoms with van der Waals surface area (Å²) in [7, 11) is 1.62. The molecule has 1 fully saturated rings. The van der Waals surface area contributed by atoms with Crippen LogP contribution >= 0.6 is 0 Å². The molecule has 1 N–H and O–H groups in total. The SMILES string of the molecule is COc1ccc([C@H](C)N2CC(NC=O)CC2=O)cc1. The van der Waals surface area contributed by atoms with Gasteiger partial charge in [-0.25, -0.2) is 0 Å². The fourth-order valence-electron chi connectivity index (χ4n) is 2.38. The summed E-state index contributed by atoms with van der Waals surface area (Å²) in [5.41, 5.74) is 1.06. The summed E-state index contributed by atoms with van der Waals surface area (Å²) in [5.74, 6) is 0.867. The first-order chi connectivity index (χ1) is 9.15. The summed E-state index contributed by atoms with van der Waals surface area (Å²) in [6.07, 6.45) is 1.03. The monoisotopic (exact) mass is 262 g/mol. The lowest BCUT2D eigenvalue weighted by Gasteiger charge is -2.25. The van der Waals surface area contributed by atoms with Gasteiger partial charge in [0, 0.05) is 13.0 Å². The van der Waals surface area contributed by atoms with Crippen LogP contribution in [0.1, 0.15) is 24.9 Å². The molecule has 0 aliphatic carbocycles. The van der Waals surface area contributed by atoms with Crippen LogP contribution < -0.4 is 10.1 Å². The second kappa shape index (κ2) is 5.73. The van der Waals surface area contributed by atoms with Crippen LogP contribution in [0.15, 0.2) is 24.3 Å². The Labute approximate surface area is 112 Å². The minimum atomic E-state index is -0.0781. The number of methoxy groups -OCH3 is 1. The maximum atomic E-state index is 11.9. The molecule has 1 unspecified atom stereocenters. The molecule has 5 heteroatoms. The van der Waals surface area contributed by atoms with Crippen molar-refractivity contribution in [3.05, 3.63) is 29.8 Å². The van der Waals surface area contributed by atoms with Gasteiger partial charge in [0.25, 0.3) is 0 Å². The molecule has 1 aliphatic rings. The van der Waals surface area contributed by atoms with Gasteiger partial charge < -0.3 is 15.0 Å². The number of nitrogens with one attached hydrogen (secondary N) is 1. The highest BCUT2D eigenvalue weighted by atomic mass is 16.5. The quantitative estimate of drug-likeness (QED) is 0.808. The van der Waals surface area contributed by atoms with Gasteiger partial charge in [-0.2, -0.15) is 0 Å². The Bertz CT molecular complexity index is 458. The maximum absolute atomic E-state index is 11.9. The van der Waals surface area contributed by atoms with E-state index in [1.165, 1.54) is 0 Å². The van der Waals surface area contributed by atoms with Crippen LogP contribution in [-0.4, -0.2) is 36.9 Å². The first kappa shape index (κ1) is 13.4. The van der Waals surface area contributed by atoms with Gasteiger partial charge in [-0.05, 0) is 24.6 Å². The summed E-state index contributed by atoms with van der Waals surface area (Å²) in [6.45, 7) is 2.55. The smallest absolute Gasteiger partial charge is 0.225 e. The molecule has 5 nitrogen and oxygen atoms in total. The third-order valence-corrected chi connectivity index (χ3v) is 3.53. The second-order valence-electron chi connectivity index (χ2n) is 4.68. The van der Waals surface area contributed by atoms with Crippen LogP contribution in [0.25, 0.3) is 0 Å². The van der Waals surface area contributed by atoms with E-state index >= 15 is 0 Å². The van der Waals surface area contributed by atoms with Gasteiger partial charge in [-0.15, -0.1) is 0 Å². The minimum Gasteiger partial charge on any atom is -0.497 e. The highest BCUT2D eigenvalue weighted by Crippen LogP contribution is 2.26. The lowest BCUT2D eigenvalue weighted by molar-refractivity contribution is -0.129. The predicted octanol–water partition coefficient (Wildman–Crippen LogP) is 1.10. The van der Waals surface area contributed by atoms with Crippen molar-refractivity contribution in [2.24, 2.45) is 0 Å². The van der Waals surface area contributed by atoms with Crippen LogP contribution in [0.4, 0.5) is 0 Å². The molecule has 1 aliphatic heterocycles. The Balaban J connectivity index is 2.08. The van der Waals surface area contributed by atoms with Crippen molar-refractivity contribution in [3.63, 3.8) is 0 Å². The van der Waals surface area contributed by atoms with Gasteiger partial charge in [-0.3, -0.25) is 9.59 Å². The Morgan fingerprint density at radius 2 is 2.11 bits per heavy atom. The Morgan fingerprint density at radius 1 is 1.42 bits per heavy atom. The minimum absolute atomic E-state index is 0.00291. The number of hydrogen-bond donors (Lipinski definition) is 1. The second-order valence-corrected chi connectivity index (χ2v) is 4.68. The van der Waals surface area contributed by atoms with Crippen LogP contribution in [0, 0.1) is 0 Å². The van der Waals surface area contributed by atoms with Crippen molar-refractivity contribution in [1.82, 2.24) is 10.2 Å². The zero-order chi connectivity index (χ0) is 13.8. The summed E-state index contributed by atoms with van der Waals surface area (Å²) in [6, 6.07) is 7.60. The molecule has 2 atom stereocenters. The molecule has 102 valence electrons.